The first-order chi connectivity index (χ1) is 12.5. The van der Waals surface area contributed by atoms with Gasteiger partial charge >= 0.3 is 0 Å². The number of carbonyl (C=O) groups is 2. The number of aryl methyl sites for hydroxylation is 2. The molecule has 136 valence electrons. The van der Waals surface area contributed by atoms with Crippen LogP contribution in [0, 0.1) is 12.3 Å². The number of rotatable bonds is 7. The van der Waals surface area contributed by atoms with E-state index in [-0.39, 0.29) is 11.8 Å². The molecule has 0 radical (unpaired) electrons. The number of halogens is 1. The van der Waals surface area contributed by atoms with Crippen LogP contribution in [0.3, 0.4) is 0 Å². The minimum absolute atomic E-state index is 0.172. The Morgan fingerprint density at radius 2 is 1.81 bits per heavy atom. The van der Waals surface area contributed by atoms with Gasteiger partial charge in [-0.3, -0.25) is 9.59 Å². The van der Waals surface area contributed by atoms with Gasteiger partial charge < -0.3 is 10.6 Å². The Morgan fingerprint density at radius 3 is 2.46 bits per heavy atom. The van der Waals surface area contributed by atoms with Crippen LogP contribution in [0.4, 0.5) is 5.69 Å². The van der Waals surface area contributed by atoms with Crippen molar-refractivity contribution in [2.24, 2.45) is 5.41 Å². The summed E-state index contributed by atoms with van der Waals surface area (Å²) in [5, 5.41) is 6.43. The third kappa shape index (κ3) is 4.25. The molecular weight excluding hydrogens is 348 g/mol. The van der Waals surface area contributed by atoms with E-state index in [4.69, 9.17) is 11.6 Å². The second-order valence-corrected chi connectivity index (χ2v) is 7.28. The lowest BCUT2D eigenvalue weighted by Gasteiger charge is -2.16. The number of carbonyl (C=O) groups excluding carboxylic acids is 2. The molecule has 0 bridgehead atoms. The fourth-order valence-electron chi connectivity index (χ4n) is 3.00. The maximum Gasteiger partial charge on any atom is 0.240 e. The Morgan fingerprint density at radius 1 is 1.08 bits per heavy atom. The second-order valence-electron chi connectivity index (χ2n) is 6.84. The molecule has 0 heterocycles. The monoisotopic (exact) mass is 370 g/mol. The Kier molecular flexibility index (Phi) is 5.62. The molecule has 26 heavy (non-hydrogen) atoms. The highest BCUT2D eigenvalue weighted by Crippen LogP contribution is 2.47. The van der Waals surface area contributed by atoms with Gasteiger partial charge in [0.1, 0.15) is 5.41 Å². The van der Waals surface area contributed by atoms with E-state index >= 15 is 0 Å². The maximum atomic E-state index is 12.6. The van der Waals surface area contributed by atoms with Gasteiger partial charge in [0.2, 0.25) is 11.8 Å². The van der Waals surface area contributed by atoms with Crippen molar-refractivity contribution in [1.29, 1.82) is 0 Å². The van der Waals surface area contributed by atoms with Crippen molar-refractivity contribution in [3.63, 3.8) is 0 Å². The van der Waals surface area contributed by atoms with Gasteiger partial charge in [-0.2, -0.15) is 0 Å². The molecule has 0 aliphatic heterocycles. The summed E-state index contributed by atoms with van der Waals surface area (Å²) in [4.78, 5) is 25.1. The topological polar surface area (TPSA) is 58.2 Å². The summed E-state index contributed by atoms with van der Waals surface area (Å²) in [6, 6.07) is 15.4. The van der Waals surface area contributed by atoms with Gasteiger partial charge in [-0.15, -0.1) is 0 Å². The SMILES string of the molecule is Cc1cc(Cl)ccc1NC(=O)C1(C(=O)NCCCc2ccccc2)CC1. The summed E-state index contributed by atoms with van der Waals surface area (Å²) in [6.07, 6.45) is 2.94. The van der Waals surface area contributed by atoms with Crippen LogP contribution >= 0.6 is 11.6 Å². The minimum Gasteiger partial charge on any atom is -0.355 e. The van der Waals surface area contributed by atoms with Crippen LogP contribution in [0.5, 0.6) is 0 Å². The highest BCUT2D eigenvalue weighted by atomic mass is 35.5. The van der Waals surface area contributed by atoms with E-state index in [0.717, 1.165) is 18.4 Å². The summed E-state index contributed by atoms with van der Waals surface area (Å²) in [5.74, 6) is -0.404. The normalized spacial score (nSPS) is 14.5. The van der Waals surface area contributed by atoms with Gasteiger partial charge in [0.15, 0.2) is 0 Å². The average Bonchev–Trinajstić information content (AvgIpc) is 3.44. The van der Waals surface area contributed by atoms with Crippen LogP contribution in [-0.4, -0.2) is 18.4 Å². The number of anilines is 1. The molecule has 5 heteroatoms. The lowest BCUT2D eigenvalue weighted by Crippen LogP contribution is -2.40. The first-order valence-electron chi connectivity index (χ1n) is 8.91. The standard InChI is InChI=1S/C21H23ClN2O2/c1-15-14-17(22)9-10-18(15)24-20(26)21(11-12-21)19(25)23-13-5-8-16-6-3-2-4-7-16/h2-4,6-7,9-10,14H,5,8,11-13H2,1H3,(H,23,25)(H,24,26). The maximum absolute atomic E-state index is 12.6. The number of hydrogen-bond donors (Lipinski definition) is 2. The van der Waals surface area contributed by atoms with Crippen LogP contribution in [0.1, 0.15) is 30.4 Å². The van der Waals surface area contributed by atoms with Gasteiger partial charge in [-0.05, 0) is 61.9 Å². The van der Waals surface area contributed by atoms with E-state index in [0.29, 0.717) is 30.1 Å². The number of amides is 2. The number of benzene rings is 2. The Balaban J connectivity index is 1.51. The third-order valence-electron chi connectivity index (χ3n) is 4.83. The third-order valence-corrected chi connectivity index (χ3v) is 5.06. The van der Waals surface area contributed by atoms with Gasteiger partial charge in [0.25, 0.3) is 0 Å². The molecule has 1 saturated carbocycles. The van der Waals surface area contributed by atoms with Crippen LogP contribution in [-0.2, 0) is 16.0 Å². The van der Waals surface area contributed by atoms with Crippen LogP contribution in [0.25, 0.3) is 0 Å². The van der Waals surface area contributed by atoms with E-state index in [1.54, 1.807) is 18.2 Å². The van der Waals surface area contributed by atoms with Crippen molar-refractivity contribution < 1.29 is 9.59 Å². The van der Waals surface area contributed by atoms with E-state index in [2.05, 4.69) is 22.8 Å². The van der Waals surface area contributed by atoms with E-state index in [9.17, 15) is 9.59 Å². The molecule has 0 aromatic heterocycles. The van der Waals surface area contributed by atoms with Gasteiger partial charge in [0.05, 0.1) is 0 Å². The summed E-state index contributed by atoms with van der Waals surface area (Å²) in [5.41, 5.74) is 1.91. The van der Waals surface area contributed by atoms with Crippen molar-refractivity contribution in [3.8, 4) is 0 Å². The molecule has 2 aromatic rings. The summed E-state index contributed by atoms with van der Waals surface area (Å²) >= 11 is 5.94. The molecule has 1 aliphatic carbocycles. The molecule has 0 atom stereocenters. The molecule has 1 aliphatic rings. The number of nitrogens with one attached hydrogen (secondary N) is 2. The Hall–Kier alpha value is -2.33. The minimum atomic E-state index is -0.918. The molecular formula is C21H23ClN2O2. The highest BCUT2D eigenvalue weighted by Gasteiger charge is 2.56. The Labute approximate surface area is 158 Å². The van der Waals surface area contributed by atoms with Gasteiger partial charge in [-0.1, -0.05) is 41.9 Å². The zero-order valence-electron chi connectivity index (χ0n) is 14.8. The molecule has 0 saturated heterocycles. The smallest absolute Gasteiger partial charge is 0.240 e. The van der Waals surface area contributed by atoms with Crippen molar-refractivity contribution in [1.82, 2.24) is 5.32 Å². The predicted molar refractivity (Wildman–Crippen MR) is 104 cm³/mol. The largest absolute Gasteiger partial charge is 0.355 e. The molecule has 1 fully saturated rings. The molecule has 3 rings (SSSR count). The fraction of sp³-hybridized carbons (Fsp3) is 0.333. The zero-order chi connectivity index (χ0) is 18.6. The molecule has 0 unspecified atom stereocenters. The van der Waals surface area contributed by atoms with Crippen molar-refractivity contribution in [2.75, 3.05) is 11.9 Å². The summed E-state index contributed by atoms with van der Waals surface area (Å²) < 4.78 is 0. The Bertz CT molecular complexity index is 801. The summed E-state index contributed by atoms with van der Waals surface area (Å²) in [6.45, 7) is 2.45. The van der Waals surface area contributed by atoms with Crippen molar-refractivity contribution >= 4 is 29.1 Å². The molecule has 4 nitrogen and oxygen atoms in total. The second kappa shape index (κ2) is 7.92. The van der Waals surface area contributed by atoms with E-state index < -0.39 is 5.41 Å². The fourth-order valence-corrected chi connectivity index (χ4v) is 3.23. The zero-order valence-corrected chi connectivity index (χ0v) is 15.6. The number of hydrogen-bond acceptors (Lipinski definition) is 2. The van der Waals surface area contributed by atoms with Gasteiger partial charge in [0, 0.05) is 17.3 Å². The van der Waals surface area contributed by atoms with Gasteiger partial charge in [-0.25, -0.2) is 0 Å². The van der Waals surface area contributed by atoms with Crippen molar-refractivity contribution in [2.45, 2.75) is 32.6 Å². The van der Waals surface area contributed by atoms with E-state index in [1.165, 1.54) is 5.56 Å². The average molecular weight is 371 g/mol. The predicted octanol–water partition coefficient (Wildman–Crippen LogP) is 4.12. The van der Waals surface area contributed by atoms with E-state index in [1.807, 2.05) is 25.1 Å². The lowest BCUT2D eigenvalue weighted by molar-refractivity contribution is -0.134. The first kappa shape index (κ1) is 18.5. The quantitative estimate of drug-likeness (QED) is 0.569. The molecule has 2 N–H and O–H groups in total. The van der Waals surface area contributed by atoms with Crippen LogP contribution in [0.15, 0.2) is 48.5 Å². The lowest BCUT2D eigenvalue weighted by atomic mass is 10.0. The van der Waals surface area contributed by atoms with Crippen LogP contribution in [0.2, 0.25) is 5.02 Å². The summed E-state index contributed by atoms with van der Waals surface area (Å²) in [7, 11) is 0. The molecule has 2 aromatic carbocycles. The molecule has 2 amide bonds. The first-order valence-corrected chi connectivity index (χ1v) is 9.29. The highest BCUT2D eigenvalue weighted by molar-refractivity contribution is 6.30. The van der Waals surface area contributed by atoms with Crippen LogP contribution < -0.4 is 10.6 Å². The van der Waals surface area contributed by atoms with Crippen molar-refractivity contribution in [3.05, 3.63) is 64.7 Å². The molecule has 0 spiro atoms.